The van der Waals surface area contributed by atoms with E-state index in [9.17, 15) is 9.59 Å². The highest BCUT2D eigenvalue weighted by Crippen LogP contribution is 2.44. The maximum absolute atomic E-state index is 14.0. The van der Waals surface area contributed by atoms with Crippen molar-refractivity contribution in [3.8, 4) is 0 Å². The van der Waals surface area contributed by atoms with Gasteiger partial charge >= 0.3 is 0 Å². The van der Waals surface area contributed by atoms with Crippen LogP contribution in [0.15, 0.2) is 41.2 Å². The van der Waals surface area contributed by atoms with E-state index in [2.05, 4.69) is 63.0 Å². The summed E-state index contributed by atoms with van der Waals surface area (Å²) in [6.45, 7) is 16.2. The lowest BCUT2D eigenvalue weighted by atomic mass is 9.89. The monoisotopic (exact) mass is 503 g/mol. The zero-order valence-corrected chi connectivity index (χ0v) is 23.5. The van der Waals surface area contributed by atoms with Gasteiger partial charge in [0.05, 0.1) is 10.9 Å². The van der Waals surface area contributed by atoms with Crippen molar-refractivity contribution >= 4 is 31.0 Å². The van der Waals surface area contributed by atoms with Gasteiger partial charge in [0.15, 0.2) is 14.1 Å². The first-order chi connectivity index (χ1) is 16.9. The SMILES string of the molecule is CC(=O)c1cc(C)cc2c(=O)n(C3CC(O[Si](C)(C)C(C)(C)C)C3)c(N3Cc4ccccc4C3)nc12. The Morgan fingerprint density at radius 2 is 1.69 bits per heavy atom. The molecule has 0 bridgehead atoms. The van der Waals surface area contributed by atoms with Gasteiger partial charge in [-0.3, -0.25) is 14.2 Å². The Morgan fingerprint density at radius 3 is 2.25 bits per heavy atom. The van der Waals surface area contributed by atoms with E-state index in [0.29, 0.717) is 35.5 Å². The molecule has 1 saturated carbocycles. The summed E-state index contributed by atoms with van der Waals surface area (Å²) in [6, 6.07) is 12.1. The number of ketones is 1. The van der Waals surface area contributed by atoms with Crippen molar-refractivity contribution in [2.24, 2.45) is 0 Å². The number of hydrogen-bond donors (Lipinski definition) is 0. The van der Waals surface area contributed by atoms with Gasteiger partial charge in [0.1, 0.15) is 0 Å². The molecule has 0 unspecified atom stereocenters. The van der Waals surface area contributed by atoms with E-state index in [1.54, 1.807) is 6.92 Å². The first-order valence-corrected chi connectivity index (χ1v) is 15.8. The zero-order chi connectivity index (χ0) is 26.0. The standard InChI is InChI=1S/C29H37N3O3Si/c1-18-12-24(19(2)33)26-25(13-18)27(34)32(22-14-23(15-22)35-36(6,7)29(3,4)5)28(30-26)31-16-20-10-8-9-11-21(20)17-31/h8-13,22-23H,14-17H2,1-7H3. The van der Waals surface area contributed by atoms with Crippen molar-refractivity contribution < 1.29 is 9.22 Å². The van der Waals surface area contributed by atoms with Crippen LogP contribution in [0.5, 0.6) is 0 Å². The van der Waals surface area contributed by atoms with Gasteiger partial charge in [-0.1, -0.05) is 45.0 Å². The highest BCUT2D eigenvalue weighted by atomic mass is 28.4. The van der Waals surface area contributed by atoms with E-state index >= 15 is 0 Å². The molecule has 7 heteroatoms. The second-order valence-corrected chi connectivity index (χ2v) is 16.9. The van der Waals surface area contributed by atoms with Gasteiger partial charge in [-0.2, -0.15) is 0 Å². The number of hydrogen-bond acceptors (Lipinski definition) is 5. The molecule has 1 aliphatic carbocycles. The third kappa shape index (κ3) is 4.22. The molecule has 1 aromatic heterocycles. The third-order valence-corrected chi connectivity index (χ3v) is 12.9. The smallest absolute Gasteiger partial charge is 0.263 e. The topological polar surface area (TPSA) is 64.4 Å². The van der Waals surface area contributed by atoms with Gasteiger partial charge in [-0.15, -0.1) is 0 Å². The molecule has 3 aromatic rings. The van der Waals surface area contributed by atoms with Gasteiger partial charge in [-0.25, -0.2) is 4.98 Å². The maximum atomic E-state index is 14.0. The van der Waals surface area contributed by atoms with E-state index in [1.165, 1.54) is 11.1 Å². The van der Waals surface area contributed by atoms with E-state index in [4.69, 9.17) is 9.41 Å². The highest BCUT2D eigenvalue weighted by molar-refractivity contribution is 6.74. The van der Waals surface area contributed by atoms with Crippen LogP contribution >= 0.6 is 0 Å². The number of aryl methyl sites for hydroxylation is 1. The summed E-state index contributed by atoms with van der Waals surface area (Å²) >= 11 is 0. The first-order valence-electron chi connectivity index (χ1n) is 12.9. The first kappa shape index (κ1) is 24.9. The van der Waals surface area contributed by atoms with Gasteiger partial charge in [0.2, 0.25) is 5.95 Å². The van der Waals surface area contributed by atoms with E-state index in [-0.39, 0.29) is 28.5 Å². The minimum absolute atomic E-state index is 0.0316. The molecule has 36 heavy (non-hydrogen) atoms. The van der Waals surface area contributed by atoms with Crippen LogP contribution in [0.25, 0.3) is 10.9 Å². The summed E-state index contributed by atoms with van der Waals surface area (Å²) in [5.74, 6) is 0.585. The highest BCUT2D eigenvalue weighted by Gasteiger charge is 2.44. The molecule has 6 nitrogen and oxygen atoms in total. The predicted octanol–water partition coefficient (Wildman–Crippen LogP) is 6.15. The average Bonchev–Trinajstić information content (AvgIpc) is 3.19. The molecule has 0 radical (unpaired) electrons. The second-order valence-electron chi connectivity index (χ2n) is 12.1. The van der Waals surface area contributed by atoms with E-state index < -0.39 is 8.32 Å². The molecule has 1 fully saturated rings. The van der Waals surface area contributed by atoms with Crippen molar-refractivity contribution in [1.29, 1.82) is 0 Å². The van der Waals surface area contributed by atoms with Crippen LogP contribution in [0.4, 0.5) is 5.95 Å². The summed E-state index contributed by atoms with van der Waals surface area (Å²) < 4.78 is 8.54. The van der Waals surface area contributed by atoms with Crippen LogP contribution in [0, 0.1) is 6.92 Å². The summed E-state index contributed by atoms with van der Waals surface area (Å²) in [5.41, 5.74) is 4.36. The normalized spacial score (nSPS) is 19.9. The second kappa shape index (κ2) is 8.66. The fourth-order valence-corrected chi connectivity index (χ4v) is 6.55. The third-order valence-electron chi connectivity index (χ3n) is 8.34. The number of Topliss-reactive ketones (excluding diaryl/α,β-unsaturated/α-hetero) is 1. The summed E-state index contributed by atoms with van der Waals surface area (Å²) in [7, 11) is -1.89. The summed E-state index contributed by atoms with van der Waals surface area (Å²) in [5, 5.41) is 0.668. The lowest BCUT2D eigenvalue weighted by molar-refractivity contribution is 0.0568. The van der Waals surface area contributed by atoms with Crippen LogP contribution < -0.4 is 10.5 Å². The molecular weight excluding hydrogens is 466 g/mol. The van der Waals surface area contributed by atoms with Crippen molar-refractivity contribution in [2.45, 2.75) is 90.8 Å². The molecule has 2 aliphatic rings. The molecule has 1 aliphatic heterocycles. The minimum Gasteiger partial charge on any atom is -0.414 e. The molecule has 0 spiro atoms. The Hall–Kier alpha value is -2.77. The summed E-state index contributed by atoms with van der Waals surface area (Å²) in [6.07, 6.45) is 1.77. The number of carbonyl (C=O) groups excluding carboxylic acids is 1. The molecule has 190 valence electrons. The predicted molar refractivity (Wildman–Crippen MR) is 147 cm³/mol. The van der Waals surface area contributed by atoms with Crippen molar-refractivity contribution in [3.63, 3.8) is 0 Å². The average molecular weight is 504 g/mol. The Bertz CT molecular complexity index is 1390. The van der Waals surface area contributed by atoms with Gasteiger partial charge in [0, 0.05) is 30.8 Å². The number of anilines is 1. The maximum Gasteiger partial charge on any atom is 0.263 e. The largest absolute Gasteiger partial charge is 0.414 e. The Kier molecular flexibility index (Phi) is 5.99. The quantitative estimate of drug-likeness (QED) is 0.308. The van der Waals surface area contributed by atoms with Gasteiger partial charge in [-0.05, 0) is 73.6 Å². The van der Waals surface area contributed by atoms with Crippen molar-refractivity contribution in [3.05, 3.63) is 69.0 Å². The Balaban J connectivity index is 1.57. The van der Waals surface area contributed by atoms with E-state index in [1.807, 2.05) is 23.6 Å². The van der Waals surface area contributed by atoms with Gasteiger partial charge in [0.25, 0.3) is 5.56 Å². The molecule has 0 saturated heterocycles. The lowest BCUT2D eigenvalue weighted by Gasteiger charge is -2.45. The number of rotatable bonds is 5. The Morgan fingerprint density at radius 1 is 1.08 bits per heavy atom. The Labute approximate surface area is 214 Å². The fourth-order valence-electron chi connectivity index (χ4n) is 5.17. The molecule has 0 amide bonds. The van der Waals surface area contributed by atoms with Crippen LogP contribution in [0.1, 0.15) is 73.6 Å². The number of benzene rings is 2. The molecule has 2 heterocycles. The molecule has 5 rings (SSSR count). The number of fused-ring (bicyclic) bond motifs is 2. The molecule has 0 atom stereocenters. The fraction of sp³-hybridized carbons (Fsp3) is 0.483. The number of carbonyl (C=O) groups is 1. The van der Waals surface area contributed by atoms with Crippen LogP contribution in [0.3, 0.4) is 0 Å². The van der Waals surface area contributed by atoms with Crippen LogP contribution in [-0.4, -0.2) is 29.8 Å². The zero-order valence-electron chi connectivity index (χ0n) is 22.5. The van der Waals surface area contributed by atoms with Crippen LogP contribution in [0.2, 0.25) is 18.1 Å². The van der Waals surface area contributed by atoms with E-state index in [0.717, 1.165) is 18.4 Å². The molecule has 2 aromatic carbocycles. The summed E-state index contributed by atoms with van der Waals surface area (Å²) in [4.78, 5) is 33.8. The molecular formula is C29H37N3O3Si. The van der Waals surface area contributed by atoms with Crippen molar-refractivity contribution in [2.75, 3.05) is 4.90 Å². The van der Waals surface area contributed by atoms with Crippen LogP contribution in [-0.2, 0) is 17.5 Å². The number of aromatic nitrogens is 2. The number of nitrogens with zero attached hydrogens (tertiary/aromatic N) is 3. The molecule has 0 N–H and O–H groups in total. The van der Waals surface area contributed by atoms with Crippen molar-refractivity contribution in [1.82, 2.24) is 9.55 Å². The van der Waals surface area contributed by atoms with Gasteiger partial charge < -0.3 is 9.33 Å². The minimum atomic E-state index is -1.89. The lowest BCUT2D eigenvalue weighted by Crippen LogP contribution is -2.49.